The Hall–Kier alpha value is -1.00. The first-order chi connectivity index (χ1) is 15.3. The number of fused-ring (bicyclic) bond motifs is 1. The monoisotopic (exact) mass is 462 g/mol. The predicted octanol–water partition coefficient (Wildman–Crippen LogP) is 6.97. The molecule has 0 aromatic heterocycles. The highest BCUT2D eigenvalue weighted by Gasteiger charge is 2.69. The molecular weight excluding hydrogens is 412 g/mol. The molecule has 0 aromatic rings. The second-order valence-electron chi connectivity index (χ2n) is 12.1. The van der Waals surface area contributed by atoms with Crippen LogP contribution in [0.2, 0.25) is 0 Å². The van der Waals surface area contributed by atoms with Crippen molar-refractivity contribution in [1.82, 2.24) is 0 Å². The number of hydrogen-bond acceptors (Lipinski definition) is 4. The first-order valence-electron chi connectivity index (χ1n) is 13.5. The van der Waals surface area contributed by atoms with Crippen molar-refractivity contribution in [3.05, 3.63) is 11.1 Å². The van der Waals surface area contributed by atoms with Crippen LogP contribution in [0.4, 0.5) is 0 Å². The first-order valence-corrected chi connectivity index (χ1v) is 13.5. The molecule has 33 heavy (non-hydrogen) atoms. The first kappa shape index (κ1) is 28.2. The third kappa shape index (κ3) is 5.99. The summed E-state index contributed by atoms with van der Waals surface area (Å²) in [6, 6.07) is 0. The molecule has 1 aliphatic heterocycles. The van der Waals surface area contributed by atoms with E-state index in [0.29, 0.717) is 23.5 Å². The molecule has 1 N–H and O–H groups in total. The van der Waals surface area contributed by atoms with E-state index in [2.05, 4.69) is 27.7 Å². The van der Waals surface area contributed by atoms with Gasteiger partial charge in [0.2, 0.25) is 0 Å². The second-order valence-corrected chi connectivity index (χ2v) is 12.1. The Morgan fingerprint density at radius 3 is 1.97 bits per heavy atom. The summed E-state index contributed by atoms with van der Waals surface area (Å²) in [4.78, 5) is 25.6. The van der Waals surface area contributed by atoms with Gasteiger partial charge in [-0.1, -0.05) is 79.1 Å². The molecule has 0 spiro atoms. The predicted molar refractivity (Wildman–Crippen MR) is 135 cm³/mol. The summed E-state index contributed by atoms with van der Waals surface area (Å²) in [5, 5.41) is 11.3. The molecule has 2 aliphatic rings. The molecule has 0 unspecified atom stereocenters. The van der Waals surface area contributed by atoms with Crippen molar-refractivity contribution in [2.24, 2.45) is 17.8 Å². The number of carbonyl (C=O) groups excluding carboxylic acids is 2. The summed E-state index contributed by atoms with van der Waals surface area (Å²) in [5.74, 6) is 1.69. The van der Waals surface area contributed by atoms with E-state index in [-0.39, 0.29) is 18.0 Å². The molecule has 1 fully saturated rings. The van der Waals surface area contributed by atoms with Crippen LogP contribution in [0.5, 0.6) is 0 Å². The number of hydrogen-bond donors (Lipinski definition) is 1. The van der Waals surface area contributed by atoms with Crippen LogP contribution in [0.3, 0.4) is 0 Å². The van der Waals surface area contributed by atoms with Gasteiger partial charge < -0.3 is 9.84 Å². The summed E-state index contributed by atoms with van der Waals surface area (Å²) >= 11 is 0. The Kier molecular flexibility index (Phi) is 9.55. The number of carbonyl (C=O) groups is 2. The largest absolute Gasteiger partial charge is 0.378 e. The highest BCUT2D eigenvalue weighted by atomic mass is 16.5. The Bertz CT molecular complexity index is 738. The van der Waals surface area contributed by atoms with Crippen LogP contribution in [-0.2, 0) is 14.3 Å². The van der Waals surface area contributed by atoms with Crippen molar-refractivity contribution in [2.75, 3.05) is 0 Å². The average Bonchev–Trinajstić information content (AvgIpc) is 2.87. The molecule has 4 heteroatoms. The van der Waals surface area contributed by atoms with E-state index in [1.165, 1.54) is 45.4 Å². The fourth-order valence-corrected chi connectivity index (χ4v) is 6.14. The number of ether oxygens (including phenoxy) is 1. The number of aliphatic hydroxyl groups is 1. The van der Waals surface area contributed by atoms with Gasteiger partial charge in [-0.3, -0.25) is 9.59 Å². The standard InChI is InChI=1S/C29H50O4/c1-20(2)12-9-13-21(3)14-10-15-22(4)16-11-17-27(8)18-19-28(32)26(31)23(5)24(6)29(28,33-27)25(7)30/h20-22,32H,9-19H2,1-8H3/t21-,22-,27+,28-,29+/m0/s1. The molecule has 1 saturated heterocycles. The minimum absolute atomic E-state index is 0.269. The quantitative estimate of drug-likeness (QED) is 0.321. The zero-order chi connectivity index (χ0) is 25.0. The molecule has 0 bridgehead atoms. The van der Waals surface area contributed by atoms with Crippen LogP contribution < -0.4 is 0 Å². The van der Waals surface area contributed by atoms with Gasteiger partial charge in [-0.2, -0.15) is 0 Å². The molecule has 0 aromatic carbocycles. The third-order valence-corrected chi connectivity index (χ3v) is 8.57. The lowest BCUT2D eigenvalue weighted by molar-refractivity contribution is -0.238. The molecule has 1 aliphatic carbocycles. The average molecular weight is 463 g/mol. The van der Waals surface area contributed by atoms with Gasteiger partial charge in [0.15, 0.2) is 22.8 Å². The molecule has 0 saturated carbocycles. The lowest BCUT2D eigenvalue weighted by atomic mass is 9.70. The van der Waals surface area contributed by atoms with E-state index in [9.17, 15) is 14.7 Å². The van der Waals surface area contributed by atoms with Crippen LogP contribution in [0.15, 0.2) is 11.1 Å². The molecule has 1 heterocycles. The maximum Gasteiger partial charge on any atom is 0.193 e. The Labute approximate surface area is 202 Å². The Balaban J connectivity index is 1.84. The van der Waals surface area contributed by atoms with Gasteiger partial charge in [0.25, 0.3) is 0 Å². The van der Waals surface area contributed by atoms with Crippen LogP contribution in [0.25, 0.3) is 0 Å². The third-order valence-electron chi connectivity index (χ3n) is 8.57. The van der Waals surface area contributed by atoms with Crippen molar-refractivity contribution < 1.29 is 19.4 Å². The minimum Gasteiger partial charge on any atom is -0.378 e. The second kappa shape index (κ2) is 11.2. The molecular formula is C29H50O4. The van der Waals surface area contributed by atoms with Crippen molar-refractivity contribution in [3.63, 3.8) is 0 Å². The van der Waals surface area contributed by atoms with E-state index >= 15 is 0 Å². The van der Waals surface area contributed by atoms with Gasteiger partial charge in [-0.05, 0) is 75.9 Å². The topological polar surface area (TPSA) is 63.6 Å². The zero-order valence-electron chi connectivity index (χ0n) is 22.7. The van der Waals surface area contributed by atoms with Crippen molar-refractivity contribution in [3.8, 4) is 0 Å². The molecule has 190 valence electrons. The molecule has 2 rings (SSSR count). The summed E-state index contributed by atoms with van der Waals surface area (Å²) in [5.41, 5.74) is -2.70. The highest BCUT2D eigenvalue weighted by molar-refractivity contribution is 6.13. The fourth-order valence-electron chi connectivity index (χ4n) is 6.14. The van der Waals surface area contributed by atoms with Crippen molar-refractivity contribution >= 4 is 11.6 Å². The lowest BCUT2D eigenvalue weighted by Gasteiger charge is -2.51. The SMILES string of the molecule is CC(=O)[C@@]12O[C@](C)(CCC[C@@H](C)CCC[C@@H](C)CCCC(C)C)CC[C@]1(O)C(=O)C(C)=C2C. The summed E-state index contributed by atoms with van der Waals surface area (Å²) in [6.45, 7) is 16.3. The molecule has 0 amide bonds. The highest BCUT2D eigenvalue weighted by Crippen LogP contribution is 2.54. The van der Waals surface area contributed by atoms with Crippen molar-refractivity contribution in [1.29, 1.82) is 0 Å². The van der Waals surface area contributed by atoms with E-state index in [4.69, 9.17) is 4.74 Å². The van der Waals surface area contributed by atoms with Crippen LogP contribution in [-0.4, -0.2) is 33.5 Å². The summed E-state index contributed by atoms with van der Waals surface area (Å²) in [6.07, 6.45) is 11.8. The normalized spacial score (nSPS) is 31.8. The van der Waals surface area contributed by atoms with Gasteiger partial charge in [0.05, 0.1) is 5.60 Å². The maximum absolute atomic E-state index is 12.8. The number of rotatable bonds is 13. The van der Waals surface area contributed by atoms with Crippen molar-refractivity contribution in [2.45, 2.75) is 143 Å². The number of ketones is 2. The lowest BCUT2D eigenvalue weighted by Crippen LogP contribution is -2.67. The van der Waals surface area contributed by atoms with E-state index < -0.39 is 16.8 Å². The van der Waals surface area contributed by atoms with Gasteiger partial charge >= 0.3 is 0 Å². The van der Waals surface area contributed by atoms with Gasteiger partial charge in [-0.25, -0.2) is 0 Å². The zero-order valence-corrected chi connectivity index (χ0v) is 22.7. The van der Waals surface area contributed by atoms with Crippen LogP contribution >= 0.6 is 0 Å². The molecule has 4 nitrogen and oxygen atoms in total. The Morgan fingerprint density at radius 1 is 0.939 bits per heavy atom. The summed E-state index contributed by atoms with van der Waals surface area (Å²) in [7, 11) is 0. The van der Waals surface area contributed by atoms with Crippen LogP contribution in [0, 0.1) is 17.8 Å². The van der Waals surface area contributed by atoms with E-state index in [0.717, 1.165) is 31.1 Å². The van der Waals surface area contributed by atoms with E-state index in [1.54, 1.807) is 13.8 Å². The fraction of sp³-hybridized carbons (Fsp3) is 0.862. The molecule has 5 atom stereocenters. The summed E-state index contributed by atoms with van der Waals surface area (Å²) < 4.78 is 6.47. The van der Waals surface area contributed by atoms with Gasteiger partial charge in [0.1, 0.15) is 0 Å². The van der Waals surface area contributed by atoms with Gasteiger partial charge in [-0.15, -0.1) is 0 Å². The van der Waals surface area contributed by atoms with Crippen LogP contribution in [0.1, 0.15) is 126 Å². The van der Waals surface area contributed by atoms with Gasteiger partial charge in [0, 0.05) is 0 Å². The number of Topliss-reactive ketones (excluding diaryl/α,β-unsaturated/α-hetero) is 2. The maximum atomic E-state index is 12.8. The molecule has 0 radical (unpaired) electrons. The smallest absolute Gasteiger partial charge is 0.193 e. The van der Waals surface area contributed by atoms with E-state index in [1.807, 2.05) is 6.92 Å². The Morgan fingerprint density at radius 2 is 1.45 bits per heavy atom. The minimum atomic E-state index is -1.74.